The molecule has 1 fully saturated rings. The fourth-order valence-corrected chi connectivity index (χ4v) is 6.15. The van der Waals surface area contributed by atoms with E-state index < -0.39 is 9.84 Å². The number of aliphatic imine (C=N–C) groups is 1. The van der Waals surface area contributed by atoms with E-state index in [1.54, 1.807) is 0 Å². The Balaban J connectivity index is 1.63. The van der Waals surface area contributed by atoms with Gasteiger partial charge >= 0.3 is 0 Å². The molecule has 3 rings (SSSR count). The van der Waals surface area contributed by atoms with E-state index in [1.165, 1.54) is 17.5 Å². The van der Waals surface area contributed by atoms with E-state index in [-0.39, 0.29) is 17.1 Å². The summed E-state index contributed by atoms with van der Waals surface area (Å²) in [7, 11) is -2.84. The van der Waals surface area contributed by atoms with Crippen molar-refractivity contribution in [1.82, 2.24) is 10.6 Å². The van der Waals surface area contributed by atoms with Crippen LogP contribution >= 0.6 is 0 Å². The summed E-state index contributed by atoms with van der Waals surface area (Å²) in [6.07, 6.45) is 3.08. The van der Waals surface area contributed by atoms with Gasteiger partial charge in [0.2, 0.25) is 0 Å². The molecule has 2 atom stereocenters. The Morgan fingerprint density at radius 2 is 2.00 bits per heavy atom. The van der Waals surface area contributed by atoms with E-state index in [4.69, 9.17) is 0 Å². The minimum absolute atomic E-state index is 0.154. The number of fused-ring (bicyclic) bond motifs is 1. The number of nitrogens with one attached hydrogen (secondary N) is 2. The molecule has 2 aliphatic rings. The maximum absolute atomic E-state index is 11.6. The monoisotopic (exact) mass is 391 g/mol. The van der Waals surface area contributed by atoms with Crippen LogP contribution in [-0.4, -0.2) is 45.5 Å². The molecule has 1 saturated heterocycles. The lowest BCUT2D eigenvalue weighted by Crippen LogP contribution is -2.41. The predicted molar refractivity (Wildman–Crippen MR) is 112 cm³/mol. The van der Waals surface area contributed by atoms with Crippen molar-refractivity contribution in [3.05, 3.63) is 35.4 Å². The molecule has 1 heterocycles. The van der Waals surface area contributed by atoms with Gasteiger partial charge in [0.05, 0.1) is 11.5 Å². The van der Waals surface area contributed by atoms with E-state index in [2.05, 4.69) is 60.7 Å². The van der Waals surface area contributed by atoms with Crippen LogP contribution in [-0.2, 0) is 15.3 Å². The Morgan fingerprint density at radius 1 is 1.22 bits per heavy atom. The summed E-state index contributed by atoms with van der Waals surface area (Å²) in [6.45, 7) is 8.93. The highest BCUT2D eigenvalue weighted by Gasteiger charge is 2.32. The summed E-state index contributed by atoms with van der Waals surface area (Å²) in [5.41, 5.74) is 3.14. The minimum atomic E-state index is -2.84. The smallest absolute Gasteiger partial charge is 0.191 e. The van der Waals surface area contributed by atoms with Crippen molar-refractivity contribution < 1.29 is 8.42 Å². The van der Waals surface area contributed by atoms with Crippen LogP contribution in [0, 0.1) is 5.92 Å². The third kappa shape index (κ3) is 5.03. The molecule has 1 aromatic rings. The van der Waals surface area contributed by atoms with Gasteiger partial charge in [-0.1, -0.05) is 38.1 Å². The fraction of sp³-hybridized carbons (Fsp3) is 0.667. The third-order valence-electron chi connectivity index (χ3n) is 5.94. The Morgan fingerprint density at radius 3 is 2.70 bits per heavy atom. The van der Waals surface area contributed by atoms with Crippen LogP contribution in [0.4, 0.5) is 0 Å². The van der Waals surface area contributed by atoms with Gasteiger partial charge in [-0.15, -0.1) is 0 Å². The van der Waals surface area contributed by atoms with E-state index >= 15 is 0 Å². The van der Waals surface area contributed by atoms with Gasteiger partial charge in [0.25, 0.3) is 0 Å². The molecule has 0 saturated carbocycles. The summed E-state index contributed by atoms with van der Waals surface area (Å²) in [6, 6.07) is 8.79. The van der Waals surface area contributed by atoms with Gasteiger partial charge in [0.1, 0.15) is 0 Å². The first kappa shape index (κ1) is 20.2. The zero-order chi connectivity index (χ0) is 19.5. The standard InChI is InChI=1S/C21H33N3O2S/c1-4-22-20(23-13-16-10-12-27(25,26)15-16)24-14-17-9-11-21(2,3)19-8-6-5-7-18(17)19/h5-8,16-17H,4,9-15H2,1-3H3,(H2,22,23,24). The van der Waals surface area contributed by atoms with Crippen LogP contribution in [0.5, 0.6) is 0 Å². The van der Waals surface area contributed by atoms with Crippen molar-refractivity contribution in [2.45, 2.75) is 51.4 Å². The lowest BCUT2D eigenvalue weighted by Gasteiger charge is -2.37. The molecule has 27 heavy (non-hydrogen) atoms. The molecular weight excluding hydrogens is 358 g/mol. The highest BCUT2D eigenvalue weighted by atomic mass is 32.2. The Hall–Kier alpha value is -1.56. The summed E-state index contributed by atoms with van der Waals surface area (Å²) >= 11 is 0. The molecule has 150 valence electrons. The zero-order valence-corrected chi connectivity index (χ0v) is 17.6. The summed E-state index contributed by atoms with van der Waals surface area (Å²) in [4.78, 5) is 4.66. The number of hydrogen-bond acceptors (Lipinski definition) is 3. The minimum Gasteiger partial charge on any atom is -0.357 e. The molecule has 6 heteroatoms. The molecule has 2 unspecified atom stereocenters. The normalized spacial score (nSPS) is 26.4. The van der Waals surface area contributed by atoms with E-state index in [0.717, 1.165) is 31.9 Å². The van der Waals surface area contributed by atoms with Crippen molar-refractivity contribution in [3.63, 3.8) is 0 Å². The van der Waals surface area contributed by atoms with Crippen LogP contribution in [0.2, 0.25) is 0 Å². The number of rotatable bonds is 5. The molecule has 0 aromatic heterocycles. The Bertz CT molecular complexity index is 786. The van der Waals surface area contributed by atoms with Crippen LogP contribution < -0.4 is 10.6 Å². The first-order chi connectivity index (χ1) is 12.8. The Kier molecular flexibility index (Phi) is 6.14. The largest absolute Gasteiger partial charge is 0.357 e. The molecule has 0 bridgehead atoms. The SMILES string of the molecule is CCNC(=NCC1CCS(=O)(=O)C1)NCC1CCC(C)(C)c2ccccc21. The molecule has 2 N–H and O–H groups in total. The van der Waals surface area contributed by atoms with E-state index in [9.17, 15) is 8.42 Å². The van der Waals surface area contributed by atoms with Gasteiger partial charge in [-0.3, -0.25) is 4.99 Å². The van der Waals surface area contributed by atoms with E-state index in [0.29, 0.717) is 18.2 Å². The topological polar surface area (TPSA) is 70.6 Å². The molecule has 0 spiro atoms. The second-order valence-electron chi connectivity index (χ2n) is 8.58. The van der Waals surface area contributed by atoms with E-state index in [1.807, 2.05) is 0 Å². The fourth-order valence-electron chi connectivity index (χ4n) is 4.30. The van der Waals surface area contributed by atoms with Crippen molar-refractivity contribution in [3.8, 4) is 0 Å². The Labute approximate surface area is 164 Å². The van der Waals surface area contributed by atoms with Crippen LogP contribution in [0.15, 0.2) is 29.3 Å². The van der Waals surface area contributed by atoms with Gasteiger partial charge in [-0.2, -0.15) is 0 Å². The number of hydrogen-bond donors (Lipinski definition) is 2. The maximum Gasteiger partial charge on any atom is 0.191 e. The second kappa shape index (κ2) is 8.21. The van der Waals surface area contributed by atoms with Gasteiger partial charge in [-0.25, -0.2) is 8.42 Å². The summed E-state index contributed by atoms with van der Waals surface area (Å²) in [5.74, 6) is 2.02. The molecule has 1 aliphatic carbocycles. The number of sulfone groups is 1. The van der Waals surface area contributed by atoms with Crippen molar-refractivity contribution in [2.24, 2.45) is 10.9 Å². The molecule has 1 aliphatic heterocycles. The number of guanidine groups is 1. The van der Waals surface area contributed by atoms with Crippen molar-refractivity contribution in [2.75, 3.05) is 31.1 Å². The highest BCUT2D eigenvalue weighted by molar-refractivity contribution is 7.91. The predicted octanol–water partition coefficient (Wildman–Crippen LogP) is 2.83. The molecule has 1 aromatic carbocycles. The summed E-state index contributed by atoms with van der Waals surface area (Å²) in [5, 5.41) is 6.79. The average Bonchev–Trinajstić information content (AvgIpc) is 2.98. The van der Waals surface area contributed by atoms with Crippen LogP contribution in [0.3, 0.4) is 0 Å². The first-order valence-electron chi connectivity index (χ1n) is 10.1. The van der Waals surface area contributed by atoms with Crippen molar-refractivity contribution >= 4 is 15.8 Å². The number of nitrogens with zero attached hydrogens (tertiary/aromatic N) is 1. The van der Waals surface area contributed by atoms with Gasteiger partial charge in [-0.05, 0) is 48.6 Å². The van der Waals surface area contributed by atoms with Gasteiger partial charge in [0.15, 0.2) is 15.8 Å². The highest BCUT2D eigenvalue weighted by Crippen LogP contribution is 2.42. The summed E-state index contributed by atoms with van der Waals surface area (Å²) < 4.78 is 23.3. The number of benzene rings is 1. The van der Waals surface area contributed by atoms with Crippen LogP contribution in [0.25, 0.3) is 0 Å². The zero-order valence-electron chi connectivity index (χ0n) is 16.8. The van der Waals surface area contributed by atoms with Crippen LogP contribution in [0.1, 0.15) is 57.1 Å². The first-order valence-corrected chi connectivity index (χ1v) is 11.9. The lowest BCUT2D eigenvalue weighted by atomic mass is 9.69. The molecular formula is C21H33N3O2S. The van der Waals surface area contributed by atoms with Gasteiger partial charge < -0.3 is 10.6 Å². The maximum atomic E-state index is 11.6. The average molecular weight is 392 g/mol. The molecule has 0 amide bonds. The molecule has 5 nitrogen and oxygen atoms in total. The van der Waals surface area contributed by atoms with Crippen molar-refractivity contribution in [1.29, 1.82) is 0 Å². The third-order valence-corrected chi connectivity index (χ3v) is 7.78. The second-order valence-corrected chi connectivity index (χ2v) is 10.8. The molecule has 0 radical (unpaired) electrons. The van der Waals surface area contributed by atoms with Gasteiger partial charge in [0, 0.05) is 25.6 Å². The quantitative estimate of drug-likeness (QED) is 0.598. The lowest BCUT2D eigenvalue weighted by molar-refractivity contribution is 0.389.